The quantitative estimate of drug-likeness (QED) is 0.712. The predicted octanol–water partition coefficient (Wildman–Crippen LogP) is 2.08. The second-order valence-corrected chi connectivity index (χ2v) is 5.95. The van der Waals surface area contributed by atoms with Gasteiger partial charge in [0, 0.05) is 11.8 Å². The summed E-state index contributed by atoms with van der Waals surface area (Å²) in [5, 5.41) is 13.8. The first kappa shape index (κ1) is 17.2. The van der Waals surface area contributed by atoms with E-state index >= 15 is 0 Å². The van der Waals surface area contributed by atoms with Crippen molar-refractivity contribution < 1.29 is 9.59 Å². The van der Waals surface area contributed by atoms with E-state index in [0.29, 0.717) is 22.1 Å². The summed E-state index contributed by atoms with van der Waals surface area (Å²) < 4.78 is 1.77. The molecule has 7 nitrogen and oxygen atoms in total. The maximum atomic E-state index is 12.0. The number of fused-ring (bicyclic) bond motifs is 1. The van der Waals surface area contributed by atoms with Crippen LogP contribution in [-0.2, 0) is 11.3 Å². The summed E-state index contributed by atoms with van der Waals surface area (Å²) in [7, 11) is 0. The molecule has 25 heavy (non-hydrogen) atoms. The molecule has 1 aromatic carbocycles. The van der Waals surface area contributed by atoms with E-state index in [9.17, 15) is 9.59 Å². The van der Waals surface area contributed by atoms with Crippen LogP contribution in [0.15, 0.2) is 42.6 Å². The number of carbonyl (C=O) groups is 2. The highest BCUT2D eigenvalue weighted by atomic mass is 35.5. The molecule has 0 bridgehead atoms. The van der Waals surface area contributed by atoms with Crippen molar-refractivity contribution in [2.24, 2.45) is 0 Å². The summed E-state index contributed by atoms with van der Waals surface area (Å²) in [6, 6.07) is 10.0. The smallest absolute Gasteiger partial charge is 0.251 e. The number of hydrogen-bond donors (Lipinski definition) is 2. The number of nitrogens with zero attached hydrogens (tertiary/aromatic N) is 3. The maximum Gasteiger partial charge on any atom is 0.251 e. The Kier molecular flexibility index (Phi) is 5.16. The minimum absolute atomic E-state index is 0.171. The molecule has 128 valence electrons. The van der Waals surface area contributed by atoms with E-state index in [0.717, 1.165) is 0 Å². The SMILES string of the molecule is O=C(CNC(=O)c1ccc(Cl)c(Cl)c1)NCc1nnc2ccccn12. The number of halogens is 2. The molecule has 2 aromatic heterocycles. The van der Waals surface area contributed by atoms with E-state index in [2.05, 4.69) is 20.8 Å². The first-order chi connectivity index (χ1) is 12.0. The average molecular weight is 378 g/mol. The zero-order valence-corrected chi connectivity index (χ0v) is 14.4. The van der Waals surface area contributed by atoms with E-state index < -0.39 is 5.91 Å². The second kappa shape index (κ2) is 7.50. The third-order valence-electron chi connectivity index (χ3n) is 3.42. The van der Waals surface area contributed by atoms with Crippen LogP contribution in [0.25, 0.3) is 5.65 Å². The number of rotatable bonds is 5. The molecule has 0 atom stereocenters. The molecular weight excluding hydrogens is 365 g/mol. The summed E-state index contributed by atoms with van der Waals surface area (Å²) in [5.41, 5.74) is 1.02. The van der Waals surface area contributed by atoms with Gasteiger partial charge in [-0.3, -0.25) is 14.0 Å². The Hall–Kier alpha value is -2.64. The summed E-state index contributed by atoms with van der Waals surface area (Å²) in [6.07, 6.45) is 1.81. The van der Waals surface area contributed by atoms with Crippen LogP contribution in [0.5, 0.6) is 0 Å². The third-order valence-corrected chi connectivity index (χ3v) is 4.16. The van der Waals surface area contributed by atoms with E-state index in [-0.39, 0.29) is 24.0 Å². The standard InChI is InChI=1S/C16H13Cl2N5O2/c17-11-5-4-10(7-12(11)18)16(25)20-9-15(24)19-8-14-22-21-13-3-1-2-6-23(13)14/h1-7H,8-9H2,(H,19,24)(H,20,25). The number of nitrogens with one attached hydrogen (secondary N) is 2. The predicted molar refractivity (Wildman–Crippen MR) is 93.6 cm³/mol. The van der Waals surface area contributed by atoms with Gasteiger partial charge in [-0.15, -0.1) is 10.2 Å². The average Bonchev–Trinajstić information content (AvgIpc) is 3.03. The number of carbonyl (C=O) groups excluding carboxylic acids is 2. The van der Waals surface area contributed by atoms with E-state index in [1.807, 2.05) is 24.4 Å². The van der Waals surface area contributed by atoms with E-state index in [1.54, 1.807) is 4.40 Å². The normalized spacial score (nSPS) is 10.6. The van der Waals surface area contributed by atoms with E-state index in [1.165, 1.54) is 18.2 Å². The van der Waals surface area contributed by atoms with Crippen molar-refractivity contribution in [1.82, 2.24) is 25.2 Å². The van der Waals surface area contributed by atoms with Crippen LogP contribution >= 0.6 is 23.2 Å². The first-order valence-electron chi connectivity index (χ1n) is 7.33. The number of amides is 2. The van der Waals surface area contributed by atoms with Gasteiger partial charge < -0.3 is 10.6 Å². The minimum atomic E-state index is -0.415. The summed E-state index contributed by atoms with van der Waals surface area (Å²) in [6.45, 7) is 0.0302. The van der Waals surface area contributed by atoms with Crippen molar-refractivity contribution in [2.75, 3.05) is 6.54 Å². The van der Waals surface area contributed by atoms with Crippen molar-refractivity contribution in [3.05, 3.63) is 64.0 Å². The highest BCUT2D eigenvalue weighted by molar-refractivity contribution is 6.42. The van der Waals surface area contributed by atoms with Crippen LogP contribution in [0, 0.1) is 0 Å². The van der Waals surface area contributed by atoms with Crippen molar-refractivity contribution in [3.63, 3.8) is 0 Å². The van der Waals surface area contributed by atoms with Gasteiger partial charge in [0.25, 0.3) is 5.91 Å². The topological polar surface area (TPSA) is 88.4 Å². The van der Waals surface area contributed by atoms with Gasteiger partial charge in [0.1, 0.15) is 0 Å². The van der Waals surface area contributed by atoms with Crippen LogP contribution in [0.1, 0.15) is 16.2 Å². The van der Waals surface area contributed by atoms with Gasteiger partial charge in [-0.1, -0.05) is 29.3 Å². The Labute approximate surface area is 153 Å². The van der Waals surface area contributed by atoms with Gasteiger partial charge in [-0.25, -0.2) is 0 Å². The van der Waals surface area contributed by atoms with Gasteiger partial charge in [0.2, 0.25) is 5.91 Å². The van der Waals surface area contributed by atoms with Gasteiger partial charge in [-0.05, 0) is 30.3 Å². The molecule has 2 amide bonds. The molecule has 0 fully saturated rings. The van der Waals surface area contributed by atoms with Gasteiger partial charge in [-0.2, -0.15) is 0 Å². The lowest BCUT2D eigenvalue weighted by Gasteiger charge is -2.07. The zero-order valence-electron chi connectivity index (χ0n) is 12.9. The van der Waals surface area contributed by atoms with Gasteiger partial charge in [0.15, 0.2) is 11.5 Å². The fourth-order valence-corrected chi connectivity index (χ4v) is 2.45. The fraction of sp³-hybridized carbons (Fsp3) is 0.125. The van der Waals surface area contributed by atoms with E-state index in [4.69, 9.17) is 23.2 Å². The second-order valence-electron chi connectivity index (χ2n) is 5.13. The van der Waals surface area contributed by atoms with Crippen LogP contribution in [0.4, 0.5) is 0 Å². The van der Waals surface area contributed by atoms with Gasteiger partial charge in [0.05, 0.1) is 23.1 Å². The van der Waals surface area contributed by atoms with Crippen molar-refractivity contribution in [3.8, 4) is 0 Å². The van der Waals surface area contributed by atoms with Gasteiger partial charge >= 0.3 is 0 Å². The van der Waals surface area contributed by atoms with Crippen LogP contribution in [0.2, 0.25) is 10.0 Å². The van der Waals surface area contributed by atoms with Crippen molar-refractivity contribution in [2.45, 2.75) is 6.54 Å². The zero-order chi connectivity index (χ0) is 17.8. The molecule has 9 heteroatoms. The Balaban J connectivity index is 1.52. The minimum Gasteiger partial charge on any atom is -0.347 e. The van der Waals surface area contributed by atoms with Crippen molar-refractivity contribution in [1.29, 1.82) is 0 Å². The number of benzene rings is 1. The molecule has 0 aliphatic carbocycles. The molecule has 0 radical (unpaired) electrons. The summed E-state index contributed by atoms with van der Waals surface area (Å²) in [5.74, 6) is -0.164. The highest BCUT2D eigenvalue weighted by Crippen LogP contribution is 2.22. The molecule has 3 aromatic rings. The Morgan fingerprint density at radius 3 is 2.68 bits per heavy atom. The Morgan fingerprint density at radius 2 is 1.88 bits per heavy atom. The van der Waals surface area contributed by atoms with Crippen molar-refractivity contribution >= 4 is 40.7 Å². The molecule has 0 aliphatic rings. The third kappa shape index (κ3) is 4.07. The summed E-state index contributed by atoms with van der Waals surface area (Å²) in [4.78, 5) is 23.9. The lowest BCUT2D eigenvalue weighted by atomic mass is 10.2. The first-order valence-corrected chi connectivity index (χ1v) is 8.09. The molecule has 3 rings (SSSR count). The largest absolute Gasteiger partial charge is 0.347 e. The molecule has 0 aliphatic heterocycles. The summed E-state index contributed by atoms with van der Waals surface area (Å²) >= 11 is 11.7. The number of aromatic nitrogens is 3. The number of pyridine rings is 1. The lowest BCUT2D eigenvalue weighted by Crippen LogP contribution is -2.36. The van der Waals surface area contributed by atoms with Crippen LogP contribution in [0.3, 0.4) is 0 Å². The maximum absolute atomic E-state index is 12.0. The monoisotopic (exact) mass is 377 g/mol. The highest BCUT2D eigenvalue weighted by Gasteiger charge is 2.11. The molecule has 2 N–H and O–H groups in total. The fourth-order valence-electron chi connectivity index (χ4n) is 2.15. The molecule has 0 saturated heterocycles. The molecule has 2 heterocycles. The van der Waals surface area contributed by atoms with Crippen LogP contribution in [-0.4, -0.2) is 33.0 Å². The Bertz CT molecular complexity index is 941. The molecular formula is C16H13Cl2N5O2. The van der Waals surface area contributed by atoms with Crippen LogP contribution < -0.4 is 10.6 Å². The molecule has 0 unspecified atom stereocenters. The lowest BCUT2D eigenvalue weighted by molar-refractivity contribution is -0.120. The number of hydrogen-bond acceptors (Lipinski definition) is 4. The molecule has 0 saturated carbocycles. The molecule has 0 spiro atoms. The Morgan fingerprint density at radius 1 is 1.04 bits per heavy atom.